The molecule has 0 amide bonds. The van der Waals surface area contributed by atoms with Crippen molar-refractivity contribution in [2.45, 2.75) is 45.8 Å². The number of ether oxygens (including phenoxy) is 2. The highest BCUT2D eigenvalue weighted by Crippen LogP contribution is 2.40. The van der Waals surface area contributed by atoms with E-state index in [4.69, 9.17) is 9.47 Å². The van der Waals surface area contributed by atoms with Crippen molar-refractivity contribution in [3.63, 3.8) is 0 Å². The minimum Gasteiger partial charge on any atom is -0.490 e. The smallest absolute Gasteiger partial charge is 0.322 e. The van der Waals surface area contributed by atoms with Gasteiger partial charge in [-0.1, -0.05) is 29.5 Å². The summed E-state index contributed by atoms with van der Waals surface area (Å²) in [5.41, 5.74) is 3.95. The van der Waals surface area contributed by atoms with Crippen LogP contribution in [-0.2, 0) is 26.0 Å². The fourth-order valence-corrected chi connectivity index (χ4v) is 6.20. The average molecular weight is 527 g/mol. The molecule has 0 spiro atoms. The molecule has 0 radical (unpaired) electrons. The summed E-state index contributed by atoms with van der Waals surface area (Å²) < 4.78 is 38.0. The molecule has 1 N–H and O–H groups in total. The zero-order valence-electron chi connectivity index (χ0n) is 20.1. The first-order valence-electron chi connectivity index (χ1n) is 11.5. The fraction of sp³-hybridized carbons (Fsp3) is 0.360. The van der Waals surface area contributed by atoms with Crippen molar-refractivity contribution in [1.29, 1.82) is 5.26 Å². The largest absolute Gasteiger partial charge is 0.490 e. The van der Waals surface area contributed by atoms with Gasteiger partial charge in [-0.25, -0.2) is 13.1 Å². The minimum absolute atomic E-state index is 0.0466. The quantitative estimate of drug-likeness (QED) is 0.414. The van der Waals surface area contributed by atoms with Crippen molar-refractivity contribution < 1.29 is 22.7 Å². The van der Waals surface area contributed by atoms with E-state index in [1.165, 1.54) is 11.3 Å². The number of carbonyl (C=O) groups is 1. The van der Waals surface area contributed by atoms with Gasteiger partial charge in [0.05, 0.1) is 18.3 Å². The van der Waals surface area contributed by atoms with Crippen molar-refractivity contribution >= 4 is 27.3 Å². The Balaban J connectivity index is 1.58. The summed E-state index contributed by atoms with van der Waals surface area (Å²) in [6, 6.07) is 12.8. The monoisotopic (exact) mass is 526 g/mol. The Morgan fingerprint density at radius 1 is 1.25 bits per heavy atom. The number of fused-ring (bicyclic) bond motifs is 1. The molecule has 0 aliphatic heterocycles. The van der Waals surface area contributed by atoms with Crippen molar-refractivity contribution in [2.75, 3.05) is 12.4 Å². The maximum absolute atomic E-state index is 12.5. The highest BCUT2D eigenvalue weighted by atomic mass is 32.2. The molecule has 0 saturated carbocycles. The van der Waals surface area contributed by atoms with E-state index in [1.54, 1.807) is 19.1 Å². The van der Waals surface area contributed by atoms with Crippen molar-refractivity contribution in [3.05, 3.63) is 53.1 Å². The lowest BCUT2D eigenvalue weighted by Crippen LogP contribution is -2.33. The van der Waals surface area contributed by atoms with E-state index in [9.17, 15) is 18.5 Å². The number of aromatic nitrogens is 2. The van der Waals surface area contributed by atoms with Crippen LogP contribution in [0, 0.1) is 11.3 Å². The van der Waals surface area contributed by atoms with E-state index >= 15 is 0 Å². The zero-order chi connectivity index (χ0) is 25.9. The number of nitriles is 1. The van der Waals surface area contributed by atoms with Gasteiger partial charge in [-0.2, -0.15) is 5.26 Å². The number of rotatable bonds is 9. The number of hydrogen-bond acceptors (Lipinski definition) is 9. The first-order valence-corrected chi connectivity index (χ1v) is 14.0. The summed E-state index contributed by atoms with van der Waals surface area (Å²) in [5, 5.41) is 19.6. The molecule has 1 aliphatic rings. The Morgan fingerprint density at radius 2 is 2.03 bits per heavy atom. The molecular weight excluding hydrogens is 500 g/mol. The van der Waals surface area contributed by atoms with Gasteiger partial charge in [0.2, 0.25) is 10.0 Å². The summed E-state index contributed by atoms with van der Waals surface area (Å²) >= 11 is 1.40. The number of carbonyl (C=O) groups excluding carboxylic acids is 1. The Bertz CT molecular complexity index is 1430. The van der Waals surface area contributed by atoms with E-state index in [0.717, 1.165) is 22.3 Å². The lowest BCUT2D eigenvalue weighted by atomic mass is 10.0. The normalized spacial score (nSPS) is 14.9. The Hall–Kier alpha value is -3.33. The molecule has 11 heteroatoms. The number of nitrogens with zero attached hydrogens (tertiary/aromatic N) is 3. The van der Waals surface area contributed by atoms with Crippen LogP contribution in [0.5, 0.6) is 5.75 Å². The van der Waals surface area contributed by atoms with Crippen LogP contribution in [0.1, 0.15) is 49.9 Å². The van der Waals surface area contributed by atoms with Crippen LogP contribution < -0.4 is 9.46 Å². The summed E-state index contributed by atoms with van der Waals surface area (Å²) in [6.07, 6.45) is 1.19. The lowest BCUT2D eigenvalue weighted by molar-refractivity contribution is -0.139. The first kappa shape index (κ1) is 25.8. The molecule has 0 fully saturated rings. The average Bonchev–Trinajstić information content (AvgIpc) is 3.46. The predicted molar refractivity (Wildman–Crippen MR) is 136 cm³/mol. The summed E-state index contributed by atoms with van der Waals surface area (Å²) in [5.74, 6) is -0.960. The number of nitrogens with one attached hydrogen (secondary N) is 1. The van der Waals surface area contributed by atoms with Crippen LogP contribution in [0.25, 0.3) is 21.1 Å². The van der Waals surface area contributed by atoms with Crippen LogP contribution in [0.4, 0.5) is 0 Å². The Morgan fingerprint density at radius 3 is 2.75 bits per heavy atom. The SMILES string of the molecule is CCOC(=O)CS(=O)(=O)N[C@@H]1CCc2c(-c3nnc(-c4ccc(OC(C)C)c(C#N)c4)s3)cccc21. The second kappa shape index (κ2) is 10.7. The van der Waals surface area contributed by atoms with Gasteiger partial charge < -0.3 is 9.47 Å². The highest BCUT2D eigenvalue weighted by Gasteiger charge is 2.30. The number of esters is 1. The van der Waals surface area contributed by atoms with Gasteiger partial charge in [-0.05, 0) is 62.9 Å². The second-order valence-corrected chi connectivity index (χ2v) is 11.3. The Labute approximate surface area is 214 Å². The fourth-order valence-electron chi connectivity index (χ4n) is 4.15. The van der Waals surface area contributed by atoms with E-state index < -0.39 is 27.8 Å². The van der Waals surface area contributed by atoms with Gasteiger partial charge in [-0.3, -0.25) is 4.79 Å². The third kappa shape index (κ3) is 5.73. The van der Waals surface area contributed by atoms with Gasteiger partial charge >= 0.3 is 5.97 Å². The molecule has 1 aliphatic carbocycles. The topological polar surface area (TPSA) is 131 Å². The van der Waals surface area contributed by atoms with Crippen LogP contribution >= 0.6 is 11.3 Å². The van der Waals surface area contributed by atoms with Gasteiger partial charge in [0, 0.05) is 17.2 Å². The van der Waals surface area contributed by atoms with Crippen molar-refractivity contribution in [3.8, 4) is 33.0 Å². The minimum atomic E-state index is -3.84. The summed E-state index contributed by atoms with van der Waals surface area (Å²) in [6.45, 7) is 5.56. The molecule has 1 atom stereocenters. The molecule has 2 aromatic carbocycles. The van der Waals surface area contributed by atoms with Crippen LogP contribution in [0.3, 0.4) is 0 Å². The highest BCUT2D eigenvalue weighted by molar-refractivity contribution is 7.90. The van der Waals surface area contributed by atoms with Crippen LogP contribution in [0.15, 0.2) is 36.4 Å². The van der Waals surface area contributed by atoms with E-state index in [1.807, 2.05) is 38.1 Å². The molecule has 0 unspecified atom stereocenters. The molecule has 4 rings (SSSR count). The summed E-state index contributed by atoms with van der Waals surface area (Å²) in [7, 11) is -3.84. The van der Waals surface area contributed by atoms with Crippen LogP contribution in [-0.4, -0.2) is 43.0 Å². The number of sulfonamides is 1. The van der Waals surface area contributed by atoms with Crippen molar-refractivity contribution in [1.82, 2.24) is 14.9 Å². The molecule has 1 aromatic heterocycles. The standard InChI is InChI=1S/C25H26N4O5S2/c1-4-33-23(30)14-36(31,32)29-21-10-9-18-19(21)6-5-7-20(18)25-28-27-24(35-25)16-8-11-22(34-15(2)3)17(12-16)13-26/h5-8,11-12,15,21,29H,4,9-10,14H2,1-3H3/t21-/m1/s1. The summed E-state index contributed by atoms with van der Waals surface area (Å²) in [4.78, 5) is 11.7. The number of hydrogen-bond donors (Lipinski definition) is 1. The first-order chi connectivity index (χ1) is 17.2. The maximum Gasteiger partial charge on any atom is 0.322 e. The van der Waals surface area contributed by atoms with Gasteiger partial charge in [-0.15, -0.1) is 10.2 Å². The van der Waals surface area contributed by atoms with E-state index in [0.29, 0.717) is 34.2 Å². The third-order valence-corrected chi connectivity index (χ3v) is 7.84. The van der Waals surface area contributed by atoms with Crippen molar-refractivity contribution in [2.24, 2.45) is 0 Å². The third-order valence-electron chi connectivity index (χ3n) is 5.57. The van der Waals surface area contributed by atoms with E-state index in [2.05, 4.69) is 21.0 Å². The Kier molecular flexibility index (Phi) is 7.68. The molecule has 36 heavy (non-hydrogen) atoms. The second-order valence-electron chi connectivity index (χ2n) is 8.55. The predicted octanol–water partition coefficient (Wildman–Crippen LogP) is 4.00. The van der Waals surface area contributed by atoms with Gasteiger partial charge in [0.15, 0.2) is 5.75 Å². The molecule has 188 valence electrons. The van der Waals surface area contributed by atoms with E-state index in [-0.39, 0.29) is 12.7 Å². The molecular formula is C25H26N4O5S2. The molecule has 0 saturated heterocycles. The molecule has 1 heterocycles. The van der Waals surface area contributed by atoms with Crippen LogP contribution in [0.2, 0.25) is 0 Å². The molecule has 9 nitrogen and oxygen atoms in total. The molecule has 0 bridgehead atoms. The lowest BCUT2D eigenvalue weighted by Gasteiger charge is -2.14. The van der Waals surface area contributed by atoms with Gasteiger partial charge in [0.25, 0.3) is 0 Å². The number of benzene rings is 2. The van der Waals surface area contributed by atoms with Gasteiger partial charge in [0.1, 0.15) is 21.8 Å². The maximum atomic E-state index is 12.5. The molecule has 3 aromatic rings. The zero-order valence-corrected chi connectivity index (χ0v) is 21.8.